The van der Waals surface area contributed by atoms with Gasteiger partial charge in [-0.3, -0.25) is 0 Å². The Kier molecular flexibility index (Phi) is 5.21. The zero-order valence-corrected chi connectivity index (χ0v) is 17.3. The van der Waals surface area contributed by atoms with Crippen molar-refractivity contribution in [3.05, 3.63) is 52.9 Å². The van der Waals surface area contributed by atoms with Crippen LogP contribution in [0.1, 0.15) is 11.5 Å². The van der Waals surface area contributed by atoms with Gasteiger partial charge in [-0.25, -0.2) is 13.1 Å². The van der Waals surface area contributed by atoms with E-state index in [2.05, 4.69) is 14.9 Å². The molecule has 3 aromatic rings. The van der Waals surface area contributed by atoms with Gasteiger partial charge in [0.1, 0.15) is 12.4 Å². The molecule has 0 bridgehead atoms. The van der Waals surface area contributed by atoms with Gasteiger partial charge in [-0.05, 0) is 35.5 Å². The number of fused-ring (bicyclic) bond motifs is 1. The zero-order chi connectivity index (χ0) is 22.4. The highest BCUT2D eigenvalue weighted by Gasteiger charge is 2.32. The molecule has 13 heteroatoms. The van der Waals surface area contributed by atoms with E-state index in [-0.39, 0.29) is 34.1 Å². The van der Waals surface area contributed by atoms with Crippen LogP contribution < -0.4 is 14.4 Å². The molecule has 0 amide bonds. The van der Waals surface area contributed by atoms with E-state index in [1.165, 1.54) is 31.2 Å². The van der Waals surface area contributed by atoms with Gasteiger partial charge in [-0.1, -0.05) is 11.6 Å². The fourth-order valence-electron chi connectivity index (χ4n) is 3.04. The van der Waals surface area contributed by atoms with Crippen LogP contribution in [0.25, 0.3) is 0 Å². The van der Waals surface area contributed by atoms with E-state index in [1.54, 1.807) is 4.90 Å². The maximum absolute atomic E-state index is 12.9. The predicted octanol–water partition coefficient (Wildman–Crippen LogP) is 4.38. The van der Waals surface area contributed by atoms with E-state index in [0.29, 0.717) is 17.9 Å². The van der Waals surface area contributed by atoms with Crippen molar-refractivity contribution in [3.8, 4) is 5.75 Å². The molecule has 1 aromatic heterocycles. The predicted molar refractivity (Wildman–Crippen MR) is 105 cm³/mol. The standard InChI is InChI=1S/C18H14ClF3N4O4S/c1-10-23-17(24-30-10)25-31(27,28)12-3-5-15-16(9-12)29-7-6-26(15)14-4-2-11(8-13(14)19)18(20,21)22/h2-5,8-9H,6-7H2,1H3,(H,24,25). The molecule has 8 nitrogen and oxygen atoms in total. The highest BCUT2D eigenvalue weighted by atomic mass is 35.5. The minimum Gasteiger partial charge on any atom is -0.489 e. The SMILES string of the molecule is Cc1nc(NS(=O)(=O)c2ccc3c(c2)OCCN3c2ccc(C(F)(F)F)cc2Cl)no1. The number of benzene rings is 2. The lowest BCUT2D eigenvalue weighted by Crippen LogP contribution is -2.29. The number of alkyl halides is 3. The van der Waals surface area contributed by atoms with Crippen LogP contribution in [0.3, 0.4) is 0 Å². The van der Waals surface area contributed by atoms with Gasteiger partial charge in [0.05, 0.1) is 33.4 Å². The molecule has 164 valence electrons. The fourth-order valence-corrected chi connectivity index (χ4v) is 4.27. The number of hydrogen-bond donors (Lipinski definition) is 1. The highest BCUT2D eigenvalue weighted by Crippen LogP contribution is 2.42. The molecule has 1 aliphatic rings. The van der Waals surface area contributed by atoms with Crippen molar-refractivity contribution in [3.63, 3.8) is 0 Å². The van der Waals surface area contributed by atoms with Crippen LogP contribution in [0.4, 0.5) is 30.5 Å². The first-order valence-corrected chi connectivity index (χ1v) is 10.6. The van der Waals surface area contributed by atoms with E-state index in [0.717, 1.165) is 12.1 Å². The second-order valence-electron chi connectivity index (χ2n) is 6.54. The van der Waals surface area contributed by atoms with Crippen molar-refractivity contribution < 1.29 is 30.8 Å². The van der Waals surface area contributed by atoms with Gasteiger partial charge < -0.3 is 14.2 Å². The zero-order valence-electron chi connectivity index (χ0n) is 15.8. The second kappa shape index (κ2) is 7.61. The van der Waals surface area contributed by atoms with Crippen molar-refractivity contribution in [2.75, 3.05) is 22.8 Å². The van der Waals surface area contributed by atoms with E-state index in [1.807, 2.05) is 0 Å². The topological polar surface area (TPSA) is 97.6 Å². The number of nitrogens with one attached hydrogen (secondary N) is 1. The van der Waals surface area contributed by atoms with E-state index in [4.69, 9.17) is 20.9 Å². The molecule has 2 heterocycles. The van der Waals surface area contributed by atoms with Crippen LogP contribution in [-0.2, 0) is 16.2 Å². The van der Waals surface area contributed by atoms with Gasteiger partial charge in [-0.2, -0.15) is 18.2 Å². The number of anilines is 3. The molecule has 0 aliphatic carbocycles. The third-order valence-corrected chi connectivity index (χ3v) is 6.05. The van der Waals surface area contributed by atoms with E-state index in [9.17, 15) is 21.6 Å². The summed E-state index contributed by atoms with van der Waals surface area (Å²) in [6, 6.07) is 7.17. The van der Waals surface area contributed by atoms with Gasteiger partial charge in [0.15, 0.2) is 0 Å². The lowest BCUT2D eigenvalue weighted by Gasteiger charge is -2.32. The molecular formula is C18H14ClF3N4O4S. The van der Waals surface area contributed by atoms with Crippen molar-refractivity contribution in [1.82, 2.24) is 10.1 Å². The average molecular weight is 475 g/mol. The fraction of sp³-hybridized carbons (Fsp3) is 0.222. The quantitative estimate of drug-likeness (QED) is 0.599. The minimum absolute atomic E-state index is 0.0893. The molecule has 0 atom stereocenters. The summed E-state index contributed by atoms with van der Waals surface area (Å²) in [5, 5.41) is 3.40. The summed E-state index contributed by atoms with van der Waals surface area (Å²) in [6.45, 7) is 1.99. The molecule has 0 radical (unpaired) electrons. The Morgan fingerprint density at radius 1 is 1.16 bits per heavy atom. The van der Waals surface area contributed by atoms with Gasteiger partial charge in [0, 0.05) is 13.0 Å². The van der Waals surface area contributed by atoms with Gasteiger partial charge in [-0.15, -0.1) is 0 Å². The van der Waals surface area contributed by atoms with Gasteiger partial charge in [0.25, 0.3) is 16.0 Å². The second-order valence-corrected chi connectivity index (χ2v) is 8.63. The number of aromatic nitrogens is 2. The molecule has 0 saturated carbocycles. The lowest BCUT2D eigenvalue weighted by molar-refractivity contribution is -0.137. The van der Waals surface area contributed by atoms with Gasteiger partial charge in [0.2, 0.25) is 5.89 Å². The van der Waals surface area contributed by atoms with Crippen LogP contribution in [0.15, 0.2) is 45.8 Å². The number of nitrogens with zero attached hydrogens (tertiary/aromatic N) is 3. The molecule has 4 rings (SSSR count). The van der Waals surface area contributed by atoms with Crippen molar-refractivity contribution in [2.24, 2.45) is 0 Å². The molecule has 0 unspecified atom stereocenters. The number of ether oxygens (including phenoxy) is 1. The molecule has 2 aromatic carbocycles. The summed E-state index contributed by atoms with van der Waals surface area (Å²) in [6.07, 6.45) is -4.52. The van der Waals surface area contributed by atoms with Crippen molar-refractivity contribution in [1.29, 1.82) is 0 Å². The first kappa shape index (κ1) is 21.2. The van der Waals surface area contributed by atoms with Crippen LogP contribution in [0, 0.1) is 6.92 Å². The Hall–Kier alpha value is -2.99. The normalized spacial score (nSPS) is 14.2. The Morgan fingerprint density at radius 3 is 2.55 bits per heavy atom. The first-order valence-electron chi connectivity index (χ1n) is 8.79. The Balaban J connectivity index is 1.66. The van der Waals surface area contributed by atoms with Crippen LogP contribution in [0.2, 0.25) is 5.02 Å². The summed E-state index contributed by atoms with van der Waals surface area (Å²) in [5.41, 5.74) is -0.0589. The molecule has 0 fully saturated rings. The number of aryl methyl sites for hydroxylation is 1. The smallest absolute Gasteiger partial charge is 0.416 e. The third-order valence-electron chi connectivity index (χ3n) is 4.42. The lowest BCUT2D eigenvalue weighted by atomic mass is 10.1. The number of rotatable bonds is 4. The molecule has 1 N–H and O–H groups in total. The number of sulfonamides is 1. The maximum Gasteiger partial charge on any atom is 0.416 e. The van der Waals surface area contributed by atoms with Crippen LogP contribution >= 0.6 is 11.6 Å². The Bertz CT molecular complexity index is 1250. The summed E-state index contributed by atoms with van der Waals surface area (Å²) < 4.78 is 76.5. The maximum atomic E-state index is 12.9. The van der Waals surface area contributed by atoms with Crippen molar-refractivity contribution in [2.45, 2.75) is 18.0 Å². The molecular weight excluding hydrogens is 461 g/mol. The highest BCUT2D eigenvalue weighted by molar-refractivity contribution is 7.92. The molecule has 0 saturated heterocycles. The largest absolute Gasteiger partial charge is 0.489 e. The monoisotopic (exact) mass is 474 g/mol. The third kappa shape index (κ3) is 4.26. The summed E-state index contributed by atoms with van der Waals surface area (Å²) >= 11 is 6.12. The minimum atomic E-state index is -4.52. The number of hydrogen-bond acceptors (Lipinski definition) is 7. The number of halogens is 4. The van der Waals surface area contributed by atoms with Gasteiger partial charge >= 0.3 is 6.18 Å². The van der Waals surface area contributed by atoms with Crippen molar-refractivity contribution >= 4 is 38.9 Å². The Labute approximate surface area is 179 Å². The Morgan fingerprint density at radius 2 is 1.90 bits per heavy atom. The first-order chi connectivity index (χ1) is 14.5. The summed E-state index contributed by atoms with van der Waals surface area (Å²) in [5.74, 6) is 0.208. The summed E-state index contributed by atoms with van der Waals surface area (Å²) in [7, 11) is -4.03. The molecule has 31 heavy (non-hydrogen) atoms. The van der Waals surface area contributed by atoms with E-state index >= 15 is 0 Å². The van der Waals surface area contributed by atoms with Crippen LogP contribution in [-0.4, -0.2) is 31.7 Å². The average Bonchev–Trinajstić information content (AvgIpc) is 3.10. The van der Waals surface area contributed by atoms with E-state index < -0.39 is 21.8 Å². The summed E-state index contributed by atoms with van der Waals surface area (Å²) in [4.78, 5) is 5.34. The molecule has 1 aliphatic heterocycles. The molecule has 0 spiro atoms. The van der Waals surface area contributed by atoms with Crippen LogP contribution in [0.5, 0.6) is 5.75 Å².